The van der Waals surface area contributed by atoms with Gasteiger partial charge in [-0.2, -0.15) is 0 Å². The molecule has 0 unspecified atom stereocenters. The second kappa shape index (κ2) is 6.77. The van der Waals surface area contributed by atoms with Crippen LogP contribution in [0.15, 0.2) is 53.3 Å². The number of hydrogen-bond acceptors (Lipinski definition) is 5. The molecule has 2 aromatic heterocycles. The summed E-state index contributed by atoms with van der Waals surface area (Å²) in [6, 6.07) is 15.4. The highest BCUT2D eigenvalue weighted by Crippen LogP contribution is 2.23. The number of benzene rings is 2. The highest BCUT2D eigenvalue weighted by Gasteiger charge is 2.22. The molecule has 0 spiro atoms. The number of aryl methyl sites for hydroxylation is 2. The molecule has 7 heteroatoms. The Morgan fingerprint density at radius 2 is 1.93 bits per heavy atom. The lowest BCUT2D eigenvalue weighted by Crippen LogP contribution is -2.20. The van der Waals surface area contributed by atoms with E-state index in [1.165, 1.54) is 4.68 Å². The maximum absolute atomic E-state index is 12.6. The number of nitrogens with zero attached hydrogens (tertiary/aromatic N) is 4. The lowest BCUT2D eigenvalue weighted by molar-refractivity contribution is 0.202. The molecule has 2 aromatic carbocycles. The van der Waals surface area contributed by atoms with E-state index >= 15 is 0 Å². The predicted molar refractivity (Wildman–Crippen MR) is 101 cm³/mol. The van der Waals surface area contributed by atoms with E-state index in [1.807, 2.05) is 56.3 Å². The van der Waals surface area contributed by atoms with Gasteiger partial charge >= 0.3 is 0 Å². The van der Waals surface area contributed by atoms with Crippen LogP contribution in [0, 0.1) is 13.8 Å². The molecule has 0 amide bonds. The molecule has 0 aliphatic carbocycles. The van der Waals surface area contributed by atoms with Crippen molar-refractivity contribution in [2.45, 2.75) is 26.5 Å². The van der Waals surface area contributed by atoms with Gasteiger partial charge in [0.1, 0.15) is 6.10 Å². The van der Waals surface area contributed by atoms with Crippen molar-refractivity contribution in [3.8, 4) is 0 Å². The summed E-state index contributed by atoms with van der Waals surface area (Å²) in [6.45, 7) is 4.36. The number of aliphatic hydroxyl groups is 1. The van der Waals surface area contributed by atoms with E-state index in [1.54, 1.807) is 6.07 Å². The summed E-state index contributed by atoms with van der Waals surface area (Å²) < 4.78 is 1.51. The normalized spacial score (nSPS) is 12.4. The maximum atomic E-state index is 12.6. The minimum absolute atomic E-state index is 0.221. The Kier molecular flexibility index (Phi) is 4.29. The van der Waals surface area contributed by atoms with Gasteiger partial charge in [-0.05, 0) is 53.1 Å². The number of hydrogen-bond donors (Lipinski definition) is 2. The molecule has 136 valence electrons. The van der Waals surface area contributed by atoms with Gasteiger partial charge in [-0.25, -0.2) is 4.68 Å². The molecule has 4 rings (SSSR count). The molecule has 0 aliphatic rings. The third-order valence-corrected chi connectivity index (χ3v) is 4.62. The molecule has 27 heavy (non-hydrogen) atoms. The summed E-state index contributed by atoms with van der Waals surface area (Å²) in [6.07, 6.45) is -1.22. The van der Waals surface area contributed by atoms with Crippen LogP contribution in [0.3, 0.4) is 0 Å². The average molecular weight is 361 g/mol. The zero-order valence-electron chi connectivity index (χ0n) is 15.0. The van der Waals surface area contributed by atoms with Gasteiger partial charge in [-0.15, -0.1) is 5.10 Å². The van der Waals surface area contributed by atoms with Crippen molar-refractivity contribution < 1.29 is 5.11 Å². The second-order valence-electron chi connectivity index (χ2n) is 6.68. The van der Waals surface area contributed by atoms with E-state index in [0.717, 1.165) is 27.6 Å². The van der Waals surface area contributed by atoms with Crippen LogP contribution in [-0.4, -0.2) is 30.3 Å². The van der Waals surface area contributed by atoms with E-state index in [0.29, 0.717) is 6.54 Å². The van der Waals surface area contributed by atoms with Crippen LogP contribution in [0.4, 0.5) is 0 Å². The standard InChI is InChI=1S/C20H19N5O2/c1-12-8-13(2)15-10-16(20(27)21-17(15)9-12)18(26)19-22-23-24-25(19)11-14-6-4-3-5-7-14/h3-10,18,26H,11H2,1-2H3,(H,21,27)/t18-/m0/s1. The molecule has 0 saturated heterocycles. The lowest BCUT2D eigenvalue weighted by Gasteiger charge is -2.12. The average Bonchev–Trinajstić information content (AvgIpc) is 3.09. The Morgan fingerprint density at radius 3 is 2.70 bits per heavy atom. The second-order valence-corrected chi connectivity index (χ2v) is 6.68. The third kappa shape index (κ3) is 3.24. The van der Waals surface area contributed by atoms with Crippen molar-refractivity contribution in [2.24, 2.45) is 0 Å². The van der Waals surface area contributed by atoms with E-state index < -0.39 is 6.10 Å². The molecule has 2 heterocycles. The first kappa shape index (κ1) is 17.1. The van der Waals surface area contributed by atoms with Crippen LogP contribution in [-0.2, 0) is 6.54 Å². The Bertz CT molecular complexity index is 1160. The van der Waals surface area contributed by atoms with Gasteiger partial charge in [0.2, 0.25) is 0 Å². The van der Waals surface area contributed by atoms with Crippen LogP contribution in [0.2, 0.25) is 0 Å². The van der Waals surface area contributed by atoms with E-state index in [9.17, 15) is 9.90 Å². The molecular formula is C20H19N5O2. The number of nitrogens with one attached hydrogen (secondary N) is 1. The fraction of sp³-hybridized carbons (Fsp3) is 0.200. The SMILES string of the molecule is Cc1cc(C)c2cc([C@H](O)c3nnnn3Cc3ccccc3)c(=O)[nH]c2c1. The minimum Gasteiger partial charge on any atom is -0.380 e. The summed E-state index contributed by atoms with van der Waals surface area (Å²) in [5.74, 6) is 0.230. The number of pyridine rings is 1. The fourth-order valence-electron chi connectivity index (χ4n) is 3.31. The minimum atomic E-state index is -1.22. The van der Waals surface area contributed by atoms with Crippen molar-refractivity contribution in [1.29, 1.82) is 0 Å². The zero-order chi connectivity index (χ0) is 19.0. The number of aliphatic hydroxyl groups excluding tert-OH is 1. The van der Waals surface area contributed by atoms with Crippen LogP contribution >= 0.6 is 0 Å². The summed E-state index contributed by atoms with van der Waals surface area (Å²) in [7, 11) is 0. The van der Waals surface area contributed by atoms with Crippen LogP contribution in [0.1, 0.15) is 34.2 Å². The van der Waals surface area contributed by atoms with Gasteiger partial charge < -0.3 is 10.1 Å². The van der Waals surface area contributed by atoms with Crippen molar-refractivity contribution in [3.05, 3.63) is 87.0 Å². The summed E-state index contributed by atoms with van der Waals surface area (Å²) in [4.78, 5) is 15.4. The Labute approximate surface area is 155 Å². The molecule has 4 aromatic rings. The van der Waals surface area contributed by atoms with Crippen molar-refractivity contribution in [3.63, 3.8) is 0 Å². The highest BCUT2D eigenvalue weighted by atomic mass is 16.3. The third-order valence-electron chi connectivity index (χ3n) is 4.62. The number of rotatable bonds is 4. The quantitative estimate of drug-likeness (QED) is 0.581. The summed E-state index contributed by atoms with van der Waals surface area (Å²) in [5, 5.41) is 23.3. The molecule has 0 aliphatic heterocycles. The Hall–Kier alpha value is -3.32. The number of aromatic nitrogens is 5. The first-order valence-corrected chi connectivity index (χ1v) is 8.65. The first-order chi connectivity index (χ1) is 13.0. The van der Waals surface area contributed by atoms with Crippen LogP contribution in [0.25, 0.3) is 10.9 Å². The van der Waals surface area contributed by atoms with Gasteiger partial charge in [0.05, 0.1) is 12.1 Å². The van der Waals surface area contributed by atoms with Crippen molar-refractivity contribution in [1.82, 2.24) is 25.2 Å². The van der Waals surface area contributed by atoms with Crippen molar-refractivity contribution in [2.75, 3.05) is 0 Å². The zero-order valence-corrected chi connectivity index (χ0v) is 15.0. The molecule has 1 atom stereocenters. The number of fused-ring (bicyclic) bond motifs is 1. The summed E-state index contributed by atoms with van der Waals surface area (Å²) >= 11 is 0. The molecular weight excluding hydrogens is 342 g/mol. The van der Waals surface area contributed by atoms with Gasteiger partial charge in [-0.3, -0.25) is 4.79 Å². The van der Waals surface area contributed by atoms with Gasteiger partial charge in [0.25, 0.3) is 5.56 Å². The number of tetrazole rings is 1. The molecule has 0 fully saturated rings. The monoisotopic (exact) mass is 361 g/mol. The van der Waals surface area contributed by atoms with E-state index in [2.05, 4.69) is 20.5 Å². The smallest absolute Gasteiger partial charge is 0.254 e. The van der Waals surface area contributed by atoms with Crippen LogP contribution in [0.5, 0.6) is 0 Å². The Morgan fingerprint density at radius 1 is 1.15 bits per heavy atom. The molecule has 7 nitrogen and oxygen atoms in total. The fourth-order valence-corrected chi connectivity index (χ4v) is 3.31. The van der Waals surface area contributed by atoms with Gasteiger partial charge in [-0.1, -0.05) is 36.4 Å². The van der Waals surface area contributed by atoms with Crippen molar-refractivity contribution >= 4 is 10.9 Å². The molecule has 0 bridgehead atoms. The van der Waals surface area contributed by atoms with Gasteiger partial charge in [0.15, 0.2) is 5.82 Å². The topological polar surface area (TPSA) is 96.7 Å². The number of aromatic amines is 1. The van der Waals surface area contributed by atoms with E-state index in [-0.39, 0.29) is 16.9 Å². The lowest BCUT2D eigenvalue weighted by atomic mass is 10.0. The maximum Gasteiger partial charge on any atom is 0.254 e. The molecule has 0 radical (unpaired) electrons. The predicted octanol–water partition coefficient (Wildman–Crippen LogP) is 2.26. The molecule has 0 saturated carbocycles. The Balaban J connectivity index is 1.76. The van der Waals surface area contributed by atoms with Crippen LogP contribution < -0.4 is 5.56 Å². The first-order valence-electron chi connectivity index (χ1n) is 8.65. The summed E-state index contributed by atoms with van der Waals surface area (Å²) in [5.41, 5.74) is 3.71. The number of H-pyrrole nitrogens is 1. The van der Waals surface area contributed by atoms with Gasteiger partial charge in [0, 0.05) is 10.9 Å². The molecule has 2 N–H and O–H groups in total. The van der Waals surface area contributed by atoms with E-state index in [4.69, 9.17) is 0 Å². The largest absolute Gasteiger partial charge is 0.380 e. The highest BCUT2D eigenvalue weighted by molar-refractivity contribution is 5.83.